The lowest BCUT2D eigenvalue weighted by Gasteiger charge is -2.42. The van der Waals surface area contributed by atoms with Crippen LogP contribution in [0.2, 0.25) is 0 Å². The van der Waals surface area contributed by atoms with E-state index in [1.165, 1.54) is 0 Å². The second-order valence-corrected chi connectivity index (χ2v) is 5.16. The van der Waals surface area contributed by atoms with Crippen molar-refractivity contribution in [2.45, 2.75) is 52.2 Å². The normalized spacial score (nSPS) is 42.0. The molecule has 0 heterocycles. The molecule has 2 heteroatoms. The molecule has 2 nitrogen and oxygen atoms in total. The van der Waals surface area contributed by atoms with Crippen LogP contribution in [-0.2, 0) is 0 Å². The van der Waals surface area contributed by atoms with E-state index in [0.29, 0.717) is 11.8 Å². The van der Waals surface area contributed by atoms with Crippen molar-refractivity contribution in [2.24, 2.45) is 17.8 Å². The van der Waals surface area contributed by atoms with Crippen LogP contribution in [-0.4, -0.2) is 21.9 Å². The molecule has 0 aromatic rings. The summed E-state index contributed by atoms with van der Waals surface area (Å²) in [5, 5.41) is 19.8. The van der Waals surface area contributed by atoms with Gasteiger partial charge in [0, 0.05) is 5.92 Å². The predicted octanol–water partition coefficient (Wildman–Crippen LogP) is 1.80. The zero-order valence-electron chi connectivity index (χ0n) is 9.12. The zero-order valence-corrected chi connectivity index (χ0v) is 9.12. The first-order chi connectivity index (χ1) is 5.84. The average molecular weight is 186 g/mol. The molecule has 1 rings (SSSR count). The van der Waals surface area contributed by atoms with Gasteiger partial charge < -0.3 is 10.2 Å². The molecule has 1 aliphatic rings. The molecule has 78 valence electrons. The van der Waals surface area contributed by atoms with Gasteiger partial charge >= 0.3 is 0 Å². The van der Waals surface area contributed by atoms with Crippen molar-refractivity contribution in [1.82, 2.24) is 0 Å². The van der Waals surface area contributed by atoms with Gasteiger partial charge in [-0.15, -0.1) is 0 Å². The van der Waals surface area contributed by atoms with Crippen LogP contribution in [0, 0.1) is 17.8 Å². The Morgan fingerprint density at radius 3 is 2.15 bits per heavy atom. The molecule has 13 heavy (non-hydrogen) atoms. The Bertz CT molecular complexity index is 171. The highest BCUT2D eigenvalue weighted by atomic mass is 16.3. The molecule has 1 saturated carbocycles. The Kier molecular flexibility index (Phi) is 3.03. The first-order valence-corrected chi connectivity index (χ1v) is 5.24. The summed E-state index contributed by atoms with van der Waals surface area (Å²) in [4.78, 5) is 0. The minimum Gasteiger partial charge on any atom is -0.392 e. The summed E-state index contributed by atoms with van der Waals surface area (Å²) < 4.78 is 0. The van der Waals surface area contributed by atoms with E-state index in [1.807, 2.05) is 0 Å². The fraction of sp³-hybridized carbons (Fsp3) is 1.00. The molecule has 0 aliphatic heterocycles. The number of hydrogen-bond donors (Lipinski definition) is 2. The van der Waals surface area contributed by atoms with E-state index in [0.717, 1.165) is 12.8 Å². The SMILES string of the molecule is CC1CCC(C(C)(C)O)C(O)C1C. The lowest BCUT2D eigenvalue weighted by Crippen LogP contribution is -2.46. The van der Waals surface area contributed by atoms with E-state index < -0.39 is 5.60 Å². The number of rotatable bonds is 1. The van der Waals surface area contributed by atoms with Gasteiger partial charge in [-0.05, 0) is 38.5 Å². The summed E-state index contributed by atoms with van der Waals surface area (Å²) in [6, 6.07) is 0. The zero-order chi connectivity index (χ0) is 10.2. The minimum absolute atomic E-state index is 0.0405. The maximum atomic E-state index is 9.98. The standard InChI is InChI=1S/C11H22O2/c1-7-5-6-9(11(3,4)13)10(12)8(7)2/h7-10,12-13H,5-6H2,1-4H3. The molecule has 0 aromatic carbocycles. The summed E-state index contributed by atoms with van der Waals surface area (Å²) in [7, 11) is 0. The smallest absolute Gasteiger partial charge is 0.0644 e. The summed E-state index contributed by atoms with van der Waals surface area (Å²) in [5.74, 6) is 0.928. The van der Waals surface area contributed by atoms with Gasteiger partial charge in [-0.25, -0.2) is 0 Å². The van der Waals surface area contributed by atoms with Crippen LogP contribution < -0.4 is 0 Å². The minimum atomic E-state index is -0.742. The van der Waals surface area contributed by atoms with E-state index in [-0.39, 0.29) is 12.0 Å². The average Bonchev–Trinajstić information content (AvgIpc) is 1.98. The van der Waals surface area contributed by atoms with Crippen molar-refractivity contribution in [3.8, 4) is 0 Å². The second kappa shape index (κ2) is 3.58. The van der Waals surface area contributed by atoms with Crippen LogP contribution >= 0.6 is 0 Å². The molecule has 0 radical (unpaired) electrons. The molecule has 0 aromatic heterocycles. The van der Waals surface area contributed by atoms with Crippen LogP contribution in [0.3, 0.4) is 0 Å². The van der Waals surface area contributed by atoms with Gasteiger partial charge in [0.15, 0.2) is 0 Å². The summed E-state index contributed by atoms with van der Waals surface area (Å²) >= 11 is 0. The lowest BCUT2D eigenvalue weighted by atomic mass is 9.68. The van der Waals surface area contributed by atoms with Crippen molar-refractivity contribution in [3.05, 3.63) is 0 Å². The Morgan fingerprint density at radius 2 is 1.69 bits per heavy atom. The topological polar surface area (TPSA) is 40.5 Å². The molecule has 4 unspecified atom stereocenters. The summed E-state index contributed by atoms with van der Waals surface area (Å²) in [5.41, 5.74) is -0.742. The highest BCUT2D eigenvalue weighted by Crippen LogP contribution is 2.38. The molecule has 4 atom stereocenters. The number of hydrogen-bond acceptors (Lipinski definition) is 2. The molecule has 0 spiro atoms. The fourth-order valence-electron chi connectivity index (χ4n) is 2.35. The largest absolute Gasteiger partial charge is 0.392 e. The van der Waals surface area contributed by atoms with Crippen LogP contribution in [0.4, 0.5) is 0 Å². The third-order valence-electron chi connectivity index (χ3n) is 3.69. The molecule has 2 N–H and O–H groups in total. The van der Waals surface area contributed by atoms with E-state index in [1.54, 1.807) is 13.8 Å². The van der Waals surface area contributed by atoms with E-state index in [2.05, 4.69) is 13.8 Å². The Balaban J connectivity index is 2.70. The van der Waals surface area contributed by atoms with E-state index in [9.17, 15) is 10.2 Å². The van der Waals surface area contributed by atoms with Crippen molar-refractivity contribution in [2.75, 3.05) is 0 Å². The Labute approximate surface area is 81.0 Å². The second-order valence-electron chi connectivity index (χ2n) is 5.16. The van der Waals surface area contributed by atoms with Crippen LogP contribution in [0.1, 0.15) is 40.5 Å². The molecule has 0 bridgehead atoms. The number of aliphatic hydroxyl groups excluding tert-OH is 1. The van der Waals surface area contributed by atoms with Crippen molar-refractivity contribution < 1.29 is 10.2 Å². The quantitative estimate of drug-likeness (QED) is 0.655. The van der Waals surface area contributed by atoms with Crippen molar-refractivity contribution >= 4 is 0 Å². The molecule has 0 amide bonds. The Hall–Kier alpha value is -0.0800. The summed E-state index contributed by atoms with van der Waals surface area (Å²) in [6.45, 7) is 7.84. The van der Waals surface area contributed by atoms with Gasteiger partial charge in [0.25, 0.3) is 0 Å². The Morgan fingerprint density at radius 1 is 1.15 bits per heavy atom. The van der Waals surface area contributed by atoms with Crippen molar-refractivity contribution in [3.63, 3.8) is 0 Å². The van der Waals surface area contributed by atoms with Gasteiger partial charge in [-0.1, -0.05) is 13.8 Å². The molecule has 1 fully saturated rings. The highest BCUT2D eigenvalue weighted by Gasteiger charge is 2.40. The van der Waals surface area contributed by atoms with Gasteiger partial charge in [0.1, 0.15) is 0 Å². The number of aliphatic hydroxyl groups is 2. The molecular formula is C11H22O2. The summed E-state index contributed by atoms with van der Waals surface area (Å²) in [6.07, 6.45) is 1.71. The van der Waals surface area contributed by atoms with Crippen molar-refractivity contribution in [1.29, 1.82) is 0 Å². The molecule has 0 saturated heterocycles. The van der Waals surface area contributed by atoms with E-state index in [4.69, 9.17) is 0 Å². The van der Waals surface area contributed by atoms with Gasteiger partial charge in [-0.3, -0.25) is 0 Å². The third-order valence-corrected chi connectivity index (χ3v) is 3.69. The molecular weight excluding hydrogens is 164 g/mol. The monoisotopic (exact) mass is 186 g/mol. The van der Waals surface area contributed by atoms with Crippen LogP contribution in [0.15, 0.2) is 0 Å². The highest BCUT2D eigenvalue weighted by molar-refractivity contribution is 4.91. The van der Waals surface area contributed by atoms with Gasteiger partial charge in [-0.2, -0.15) is 0 Å². The fourth-order valence-corrected chi connectivity index (χ4v) is 2.35. The van der Waals surface area contributed by atoms with E-state index >= 15 is 0 Å². The first-order valence-electron chi connectivity index (χ1n) is 5.24. The maximum absolute atomic E-state index is 9.98. The predicted molar refractivity (Wildman–Crippen MR) is 53.4 cm³/mol. The molecule has 1 aliphatic carbocycles. The first kappa shape index (κ1) is 11.0. The van der Waals surface area contributed by atoms with Gasteiger partial charge in [0.2, 0.25) is 0 Å². The van der Waals surface area contributed by atoms with Crippen LogP contribution in [0.5, 0.6) is 0 Å². The lowest BCUT2D eigenvalue weighted by molar-refractivity contribution is -0.0965. The third kappa shape index (κ3) is 2.23. The van der Waals surface area contributed by atoms with Gasteiger partial charge in [0.05, 0.1) is 11.7 Å². The maximum Gasteiger partial charge on any atom is 0.0644 e. The van der Waals surface area contributed by atoms with Crippen LogP contribution in [0.25, 0.3) is 0 Å².